The van der Waals surface area contributed by atoms with Crippen LogP contribution in [0.3, 0.4) is 0 Å². The molecule has 2 aliphatic heterocycles. The van der Waals surface area contributed by atoms with E-state index in [0.717, 1.165) is 11.8 Å². The molecule has 3 N–H and O–H groups in total. The normalized spacial score (nSPS) is 19.2. The first-order valence-electron chi connectivity index (χ1n) is 13.3. The Bertz CT molecular complexity index is 1410. The van der Waals surface area contributed by atoms with Crippen molar-refractivity contribution in [1.29, 1.82) is 5.41 Å². The molecule has 1 unspecified atom stereocenters. The molecule has 12 heteroatoms. The fourth-order valence-electron chi connectivity index (χ4n) is 5.30. The molecule has 3 heterocycles. The summed E-state index contributed by atoms with van der Waals surface area (Å²) < 4.78 is 37.9. The molecule has 40 heavy (non-hydrogen) atoms. The molecule has 0 spiro atoms. The van der Waals surface area contributed by atoms with Gasteiger partial charge in [-0.2, -0.15) is 4.31 Å². The molecule has 0 bridgehead atoms. The van der Waals surface area contributed by atoms with Crippen LogP contribution in [0.15, 0.2) is 76.5 Å². The number of aromatic nitrogens is 1. The highest BCUT2D eigenvalue weighted by atomic mass is 32.2. The minimum atomic E-state index is -3.64. The first-order valence-corrected chi connectivity index (χ1v) is 14.8. The topological polar surface area (TPSA) is 146 Å². The summed E-state index contributed by atoms with van der Waals surface area (Å²) >= 11 is 0. The summed E-state index contributed by atoms with van der Waals surface area (Å²) in [4.78, 5) is 17.3. The lowest BCUT2D eigenvalue weighted by molar-refractivity contribution is 0.0661. The Morgan fingerprint density at radius 2 is 1.85 bits per heavy atom. The van der Waals surface area contributed by atoms with Crippen molar-refractivity contribution >= 4 is 27.6 Å². The second kappa shape index (κ2) is 12.2. The molecule has 3 aromatic rings. The first-order chi connectivity index (χ1) is 19.3. The molecule has 2 saturated heterocycles. The summed E-state index contributed by atoms with van der Waals surface area (Å²) in [5.74, 6) is 0.169. The average Bonchev–Trinajstić information content (AvgIpc) is 3.52. The minimum absolute atomic E-state index is 0.0546. The van der Waals surface area contributed by atoms with E-state index in [1.807, 2.05) is 41.3 Å². The van der Waals surface area contributed by atoms with Crippen LogP contribution in [0.1, 0.15) is 24.0 Å². The van der Waals surface area contributed by atoms with Crippen molar-refractivity contribution in [3.63, 3.8) is 0 Å². The molecule has 2 amide bonds. The fraction of sp³-hybridized carbons (Fsp3) is 0.393. The zero-order valence-electron chi connectivity index (χ0n) is 22.2. The lowest BCUT2D eigenvalue weighted by Gasteiger charge is -2.42. The standard InChI is InChI=1S/C28H34N6O5S/c29-27(30)24-7-4-8-25(13-24)34-17-23(19-38-18-22-5-2-1-3-6-22)16-32(28(34)35)15-21-9-11-33(12-10-21)40(36,37)26-14-31-39-20-26/h1-8,13-14,20-21,23H,9-12,15-19H2,(H3,29,30). The van der Waals surface area contributed by atoms with E-state index in [2.05, 4.69) is 5.16 Å². The number of nitrogen functional groups attached to an aromatic ring is 1. The van der Waals surface area contributed by atoms with Crippen LogP contribution in [0.4, 0.5) is 10.5 Å². The van der Waals surface area contributed by atoms with Gasteiger partial charge in [-0.15, -0.1) is 0 Å². The van der Waals surface area contributed by atoms with Crippen LogP contribution >= 0.6 is 0 Å². The Morgan fingerprint density at radius 3 is 2.55 bits per heavy atom. The molecule has 0 saturated carbocycles. The van der Waals surface area contributed by atoms with Gasteiger partial charge in [-0.1, -0.05) is 47.6 Å². The van der Waals surface area contributed by atoms with Crippen molar-refractivity contribution in [2.24, 2.45) is 17.6 Å². The number of ether oxygens (including phenoxy) is 1. The van der Waals surface area contributed by atoms with Gasteiger partial charge in [0, 0.05) is 49.9 Å². The summed E-state index contributed by atoms with van der Waals surface area (Å²) in [6.07, 6.45) is 3.64. The van der Waals surface area contributed by atoms with E-state index >= 15 is 0 Å². The van der Waals surface area contributed by atoms with Gasteiger partial charge < -0.3 is 19.9 Å². The van der Waals surface area contributed by atoms with Crippen molar-refractivity contribution in [2.75, 3.05) is 44.2 Å². The second-order valence-corrected chi connectivity index (χ2v) is 12.3. The SMILES string of the molecule is N=C(N)c1cccc(N2CC(COCc3ccccc3)CN(CC3CCN(S(=O)(=O)c4cnoc4)CC3)C2=O)c1. The summed E-state index contributed by atoms with van der Waals surface area (Å²) in [6.45, 7) is 3.28. The first kappa shape index (κ1) is 27.8. The number of amides is 2. The van der Waals surface area contributed by atoms with Gasteiger partial charge in [-0.3, -0.25) is 10.3 Å². The summed E-state index contributed by atoms with van der Waals surface area (Å²) in [6, 6.07) is 17.0. The maximum Gasteiger partial charge on any atom is 0.324 e. The van der Waals surface area contributed by atoms with Crippen molar-refractivity contribution < 1.29 is 22.5 Å². The summed E-state index contributed by atoms with van der Waals surface area (Å²) in [5, 5.41) is 11.3. The van der Waals surface area contributed by atoms with Gasteiger partial charge in [0.15, 0.2) is 0 Å². The maximum atomic E-state index is 13.7. The molecule has 212 valence electrons. The number of sulfonamides is 1. The maximum absolute atomic E-state index is 13.7. The molecular formula is C28H34N6O5S. The number of rotatable bonds is 10. The van der Waals surface area contributed by atoms with Gasteiger partial charge >= 0.3 is 6.03 Å². The number of nitrogens with two attached hydrogens (primary N) is 1. The number of nitrogens with one attached hydrogen (secondary N) is 1. The van der Waals surface area contributed by atoms with Crippen LogP contribution in [0.25, 0.3) is 0 Å². The third-order valence-corrected chi connectivity index (χ3v) is 9.30. The third kappa shape index (κ3) is 6.35. The Morgan fingerprint density at radius 1 is 1.07 bits per heavy atom. The predicted molar refractivity (Wildman–Crippen MR) is 149 cm³/mol. The molecule has 0 radical (unpaired) electrons. The molecule has 1 aromatic heterocycles. The van der Waals surface area contributed by atoms with Gasteiger partial charge in [0.2, 0.25) is 10.0 Å². The predicted octanol–water partition coefficient (Wildman–Crippen LogP) is 3.13. The molecule has 5 rings (SSSR count). The molecule has 11 nitrogen and oxygen atoms in total. The van der Waals surface area contributed by atoms with Crippen molar-refractivity contribution in [2.45, 2.75) is 24.3 Å². The highest BCUT2D eigenvalue weighted by molar-refractivity contribution is 7.89. The van der Waals surface area contributed by atoms with Crippen LogP contribution in [0.2, 0.25) is 0 Å². The zero-order chi connectivity index (χ0) is 28.1. The highest BCUT2D eigenvalue weighted by Gasteiger charge is 2.36. The van der Waals surface area contributed by atoms with Gasteiger partial charge in [0.05, 0.1) is 19.4 Å². The second-order valence-electron chi connectivity index (χ2n) is 10.3. The van der Waals surface area contributed by atoms with E-state index in [1.165, 1.54) is 10.5 Å². The van der Waals surface area contributed by atoms with Crippen molar-refractivity contribution in [3.05, 3.63) is 78.2 Å². The number of hydrogen-bond donors (Lipinski definition) is 2. The largest absolute Gasteiger partial charge is 0.384 e. The monoisotopic (exact) mass is 566 g/mol. The molecule has 2 aliphatic rings. The van der Waals surface area contributed by atoms with Crippen LogP contribution < -0.4 is 10.6 Å². The van der Waals surface area contributed by atoms with Crippen LogP contribution in [-0.2, 0) is 21.4 Å². The lowest BCUT2D eigenvalue weighted by atomic mass is 9.96. The molecule has 0 aliphatic carbocycles. The molecule has 2 fully saturated rings. The van der Waals surface area contributed by atoms with E-state index in [-0.39, 0.29) is 28.6 Å². The van der Waals surface area contributed by atoms with Crippen molar-refractivity contribution in [1.82, 2.24) is 14.4 Å². The van der Waals surface area contributed by atoms with E-state index in [9.17, 15) is 13.2 Å². The number of hydrogen-bond acceptors (Lipinski definition) is 7. The zero-order valence-corrected chi connectivity index (χ0v) is 23.0. The Labute approximate surface area is 234 Å². The Kier molecular flexibility index (Phi) is 8.48. The third-order valence-electron chi connectivity index (χ3n) is 7.45. The fourth-order valence-corrected chi connectivity index (χ4v) is 6.63. The van der Waals surface area contributed by atoms with Crippen LogP contribution in [-0.4, -0.2) is 74.0 Å². The van der Waals surface area contributed by atoms with Gasteiger partial charge in [-0.25, -0.2) is 13.2 Å². The van der Waals surface area contributed by atoms with Crippen LogP contribution in [0.5, 0.6) is 0 Å². The van der Waals surface area contributed by atoms with Gasteiger partial charge in [0.25, 0.3) is 0 Å². The van der Waals surface area contributed by atoms with Gasteiger partial charge in [-0.05, 0) is 36.5 Å². The van der Waals surface area contributed by atoms with E-state index in [4.69, 9.17) is 20.4 Å². The number of nitrogens with zero attached hydrogens (tertiary/aromatic N) is 4. The number of carbonyl (C=O) groups excluding carboxylic acids is 1. The highest BCUT2D eigenvalue weighted by Crippen LogP contribution is 2.28. The van der Waals surface area contributed by atoms with Crippen molar-refractivity contribution in [3.8, 4) is 0 Å². The molecule has 2 aromatic carbocycles. The number of benzene rings is 2. The van der Waals surface area contributed by atoms with E-state index in [0.29, 0.717) is 70.0 Å². The minimum Gasteiger partial charge on any atom is -0.384 e. The molecular weight excluding hydrogens is 532 g/mol. The quantitative estimate of drug-likeness (QED) is 0.283. The smallest absolute Gasteiger partial charge is 0.324 e. The lowest BCUT2D eigenvalue weighted by Crippen LogP contribution is -2.56. The number of anilines is 1. The average molecular weight is 567 g/mol. The van der Waals surface area contributed by atoms with E-state index in [1.54, 1.807) is 23.1 Å². The molecule has 1 atom stereocenters. The Hall–Kier alpha value is -3.74. The van der Waals surface area contributed by atoms with Crippen LogP contribution in [0, 0.1) is 17.2 Å². The number of piperidine rings is 1. The van der Waals surface area contributed by atoms with E-state index < -0.39 is 10.0 Å². The summed E-state index contributed by atoms with van der Waals surface area (Å²) in [5.41, 5.74) is 8.04. The summed E-state index contributed by atoms with van der Waals surface area (Å²) in [7, 11) is -3.64. The van der Waals surface area contributed by atoms with Gasteiger partial charge in [0.1, 0.15) is 17.0 Å². The number of carbonyl (C=O) groups is 1. The Balaban J connectivity index is 1.27. The number of urea groups is 1. The number of amidine groups is 1.